The van der Waals surface area contributed by atoms with E-state index >= 15 is 0 Å². The van der Waals surface area contributed by atoms with Crippen LogP contribution in [0.4, 0.5) is 0 Å². The molecule has 11 atom stereocenters. The van der Waals surface area contributed by atoms with Gasteiger partial charge in [0, 0.05) is 18.8 Å². The SMILES string of the molecule is CC1C(=O)CCC2(C)C1CCC1(C)C3CCC4(CC(CC(O)N=O)C(O)CO)CCC(C)(C)CC4C3=CCC12. The first-order chi connectivity index (χ1) is 18.3. The molecule has 4 saturated carbocycles. The number of aliphatic hydroxyl groups excluding tert-OH is 3. The van der Waals surface area contributed by atoms with Crippen molar-refractivity contribution >= 4 is 5.78 Å². The molecule has 4 fully saturated rings. The fraction of sp³-hybridized carbons (Fsp3) is 0.909. The number of hydrogen-bond acceptors (Lipinski definition) is 6. The van der Waals surface area contributed by atoms with E-state index in [-0.39, 0.29) is 46.5 Å². The van der Waals surface area contributed by atoms with Crippen molar-refractivity contribution in [2.45, 2.75) is 124 Å². The first kappa shape index (κ1) is 29.4. The molecule has 5 rings (SSSR count). The number of carbonyl (C=O) groups is 1. The highest BCUT2D eigenvalue weighted by atomic mass is 16.3. The Hall–Kier alpha value is -1.11. The molecule has 0 spiro atoms. The Morgan fingerprint density at radius 1 is 1.00 bits per heavy atom. The fourth-order valence-corrected chi connectivity index (χ4v) is 11.2. The maximum Gasteiger partial charge on any atom is 0.187 e. The zero-order valence-corrected chi connectivity index (χ0v) is 25.0. The van der Waals surface area contributed by atoms with E-state index in [1.165, 1.54) is 6.42 Å². The molecule has 0 aromatic heterocycles. The third-order valence-electron chi connectivity index (χ3n) is 13.4. The van der Waals surface area contributed by atoms with E-state index in [9.17, 15) is 25.0 Å². The largest absolute Gasteiger partial charge is 0.394 e. The number of Topliss-reactive ketones (excluding diaryl/α,β-unsaturated/α-hetero) is 1. The van der Waals surface area contributed by atoms with E-state index in [4.69, 9.17) is 0 Å². The molecule has 3 N–H and O–H groups in total. The van der Waals surface area contributed by atoms with Crippen molar-refractivity contribution in [1.82, 2.24) is 0 Å². The molecule has 0 amide bonds. The van der Waals surface area contributed by atoms with E-state index in [1.54, 1.807) is 5.57 Å². The summed E-state index contributed by atoms with van der Waals surface area (Å²) in [6.07, 6.45) is 11.9. The summed E-state index contributed by atoms with van der Waals surface area (Å²) in [6, 6.07) is 0. The van der Waals surface area contributed by atoms with Gasteiger partial charge in [0.15, 0.2) is 6.23 Å². The first-order valence-electron chi connectivity index (χ1n) is 15.8. The lowest BCUT2D eigenvalue weighted by atomic mass is 9.38. The second-order valence-electron chi connectivity index (χ2n) is 15.8. The average molecular weight is 544 g/mol. The molecule has 220 valence electrons. The van der Waals surface area contributed by atoms with E-state index in [0.717, 1.165) is 57.8 Å². The predicted octanol–water partition coefficient (Wildman–Crippen LogP) is 6.41. The van der Waals surface area contributed by atoms with Crippen LogP contribution < -0.4 is 0 Å². The number of aliphatic hydroxyl groups is 3. The average Bonchev–Trinajstić information content (AvgIpc) is 2.90. The Bertz CT molecular complexity index is 993. The van der Waals surface area contributed by atoms with Gasteiger partial charge in [-0.2, -0.15) is 0 Å². The van der Waals surface area contributed by atoms with Gasteiger partial charge in [-0.25, -0.2) is 0 Å². The molecule has 0 aromatic carbocycles. The molecule has 0 heterocycles. The quantitative estimate of drug-likeness (QED) is 0.254. The summed E-state index contributed by atoms with van der Waals surface area (Å²) in [5, 5.41) is 33.5. The number of hydrogen-bond donors (Lipinski definition) is 3. The predicted molar refractivity (Wildman–Crippen MR) is 152 cm³/mol. The van der Waals surface area contributed by atoms with Crippen LogP contribution in [0.2, 0.25) is 0 Å². The van der Waals surface area contributed by atoms with E-state index < -0.39 is 12.3 Å². The van der Waals surface area contributed by atoms with Gasteiger partial charge in [0.1, 0.15) is 5.78 Å². The zero-order valence-electron chi connectivity index (χ0n) is 25.0. The highest BCUT2D eigenvalue weighted by Crippen LogP contribution is 2.71. The Labute approximate surface area is 235 Å². The summed E-state index contributed by atoms with van der Waals surface area (Å²) in [6.45, 7) is 11.7. The van der Waals surface area contributed by atoms with Gasteiger partial charge < -0.3 is 15.3 Å². The minimum atomic E-state index is -1.35. The lowest BCUT2D eigenvalue weighted by Crippen LogP contribution is -2.59. The zero-order chi connectivity index (χ0) is 28.4. The second kappa shape index (κ2) is 10.3. The summed E-state index contributed by atoms with van der Waals surface area (Å²) in [5.74, 6) is 2.38. The molecule has 11 unspecified atom stereocenters. The van der Waals surface area contributed by atoms with Gasteiger partial charge in [-0.3, -0.25) is 4.79 Å². The molecule has 39 heavy (non-hydrogen) atoms. The smallest absolute Gasteiger partial charge is 0.187 e. The van der Waals surface area contributed by atoms with Gasteiger partial charge in [0.2, 0.25) is 0 Å². The fourth-order valence-electron chi connectivity index (χ4n) is 11.2. The number of rotatable bonds is 7. The van der Waals surface area contributed by atoms with Crippen LogP contribution in [0, 0.1) is 62.1 Å². The third-order valence-corrected chi connectivity index (χ3v) is 13.4. The van der Waals surface area contributed by atoms with Gasteiger partial charge in [-0.15, -0.1) is 4.91 Å². The Morgan fingerprint density at radius 2 is 1.74 bits per heavy atom. The van der Waals surface area contributed by atoms with Crippen molar-refractivity contribution in [2.75, 3.05) is 6.61 Å². The summed E-state index contributed by atoms with van der Waals surface area (Å²) in [7, 11) is 0. The number of nitrogens with zero attached hydrogens (tertiary/aromatic N) is 1. The van der Waals surface area contributed by atoms with Crippen LogP contribution in [-0.4, -0.2) is 40.0 Å². The Balaban J connectivity index is 1.49. The van der Waals surface area contributed by atoms with Crippen LogP contribution in [0.3, 0.4) is 0 Å². The third kappa shape index (κ3) is 4.78. The molecule has 0 saturated heterocycles. The summed E-state index contributed by atoms with van der Waals surface area (Å²) in [5.41, 5.74) is 2.35. The van der Waals surface area contributed by atoms with Crippen LogP contribution in [0.5, 0.6) is 0 Å². The van der Waals surface area contributed by atoms with Crippen LogP contribution >= 0.6 is 0 Å². The lowest BCUT2D eigenvalue weighted by Gasteiger charge is -2.66. The van der Waals surface area contributed by atoms with E-state index in [0.29, 0.717) is 35.9 Å². The number of allylic oxidation sites excluding steroid dienone is 2. The molecular formula is C33H53NO5. The number of ketones is 1. The summed E-state index contributed by atoms with van der Waals surface area (Å²) < 4.78 is 0. The van der Waals surface area contributed by atoms with Gasteiger partial charge in [-0.05, 0) is 121 Å². The van der Waals surface area contributed by atoms with E-state index in [2.05, 4.69) is 45.9 Å². The van der Waals surface area contributed by atoms with Gasteiger partial charge in [0.25, 0.3) is 0 Å². The molecule has 0 aliphatic heterocycles. The molecule has 0 aromatic rings. The lowest BCUT2D eigenvalue weighted by molar-refractivity contribution is -0.155. The van der Waals surface area contributed by atoms with Gasteiger partial charge >= 0.3 is 0 Å². The minimum absolute atomic E-state index is 0.0113. The van der Waals surface area contributed by atoms with Crippen molar-refractivity contribution < 1.29 is 20.1 Å². The monoisotopic (exact) mass is 543 g/mol. The van der Waals surface area contributed by atoms with Crippen LogP contribution in [0.15, 0.2) is 16.8 Å². The molecule has 0 bridgehead atoms. The minimum Gasteiger partial charge on any atom is -0.394 e. The molecule has 0 radical (unpaired) electrons. The standard InChI is InChI=1S/C33H53NO5/c1-20-23-8-11-32(5)24-9-13-33(17-21(27(37)19-35)16-29(38)34-39)15-14-30(2,3)18-25(33)22(24)6-7-28(32)31(23,4)12-10-26(20)36/h6,20-21,23-25,27-29,35,37-38H,7-19H2,1-5H3. The number of fused-ring (bicyclic) bond motifs is 7. The second-order valence-corrected chi connectivity index (χ2v) is 15.8. The van der Waals surface area contributed by atoms with Crippen molar-refractivity contribution in [3.63, 3.8) is 0 Å². The summed E-state index contributed by atoms with van der Waals surface area (Å²) in [4.78, 5) is 23.7. The van der Waals surface area contributed by atoms with Crippen LogP contribution in [-0.2, 0) is 4.79 Å². The Kier molecular flexibility index (Phi) is 7.77. The van der Waals surface area contributed by atoms with Crippen molar-refractivity contribution in [1.29, 1.82) is 0 Å². The van der Waals surface area contributed by atoms with Crippen LogP contribution in [0.25, 0.3) is 0 Å². The molecular weight excluding hydrogens is 490 g/mol. The molecule has 6 nitrogen and oxygen atoms in total. The summed E-state index contributed by atoms with van der Waals surface area (Å²) >= 11 is 0. The topological polar surface area (TPSA) is 107 Å². The molecule has 5 aliphatic rings. The highest BCUT2D eigenvalue weighted by Gasteiger charge is 2.63. The van der Waals surface area contributed by atoms with E-state index in [1.807, 2.05) is 0 Å². The van der Waals surface area contributed by atoms with Gasteiger partial charge in [0.05, 0.1) is 12.7 Å². The maximum atomic E-state index is 12.7. The van der Waals surface area contributed by atoms with Crippen molar-refractivity contribution in [3.8, 4) is 0 Å². The van der Waals surface area contributed by atoms with Gasteiger partial charge in [-0.1, -0.05) is 46.3 Å². The highest BCUT2D eigenvalue weighted by molar-refractivity contribution is 5.82. The normalized spacial score (nSPS) is 45.5. The maximum absolute atomic E-state index is 12.7. The first-order valence-corrected chi connectivity index (χ1v) is 15.8. The molecule has 6 heteroatoms. The Morgan fingerprint density at radius 3 is 2.44 bits per heavy atom. The van der Waals surface area contributed by atoms with Crippen molar-refractivity contribution in [3.05, 3.63) is 16.6 Å². The molecule has 5 aliphatic carbocycles. The van der Waals surface area contributed by atoms with Crippen molar-refractivity contribution in [2.24, 2.45) is 62.3 Å². The number of carbonyl (C=O) groups excluding carboxylic acids is 1. The number of nitroso groups, excluding NO2 is 1. The van der Waals surface area contributed by atoms with Crippen LogP contribution in [0.1, 0.15) is 112 Å².